The molecule has 11 heteroatoms. The maximum absolute atomic E-state index is 13.8. The van der Waals surface area contributed by atoms with Gasteiger partial charge in [-0.05, 0) is 63.3 Å². The average molecular weight is 512 g/mol. The molecule has 2 aromatic heterocycles. The number of sulfonamides is 1. The number of fused-ring (bicyclic) bond motifs is 1. The Bertz CT molecular complexity index is 1420. The van der Waals surface area contributed by atoms with Gasteiger partial charge in [0.05, 0.1) is 35.4 Å². The van der Waals surface area contributed by atoms with E-state index >= 15 is 0 Å². The van der Waals surface area contributed by atoms with Gasteiger partial charge in [0.2, 0.25) is 10.0 Å². The Morgan fingerprint density at radius 1 is 1.14 bits per heavy atom. The molecule has 0 aliphatic carbocycles. The van der Waals surface area contributed by atoms with E-state index in [4.69, 9.17) is 15.8 Å². The number of aromatic nitrogens is 3. The molecule has 0 unspecified atom stereocenters. The van der Waals surface area contributed by atoms with Gasteiger partial charge < -0.3 is 15.5 Å². The molecule has 2 atom stereocenters. The summed E-state index contributed by atoms with van der Waals surface area (Å²) in [5.74, 6) is 0.703. The number of rotatable bonds is 5. The van der Waals surface area contributed by atoms with E-state index in [-0.39, 0.29) is 23.7 Å². The first-order chi connectivity index (χ1) is 17.1. The molecule has 2 aliphatic rings. The Balaban J connectivity index is 1.49. The molecule has 4 heterocycles. The van der Waals surface area contributed by atoms with Crippen molar-refractivity contribution in [3.05, 3.63) is 52.8 Å². The van der Waals surface area contributed by atoms with Crippen molar-refractivity contribution in [2.75, 3.05) is 35.5 Å². The van der Waals surface area contributed by atoms with E-state index in [0.29, 0.717) is 12.1 Å². The van der Waals surface area contributed by atoms with Crippen LogP contribution in [0, 0.1) is 13.8 Å². The summed E-state index contributed by atoms with van der Waals surface area (Å²) in [6.45, 7) is 6.16. The molecule has 5 rings (SSSR count). The Morgan fingerprint density at radius 2 is 1.94 bits per heavy atom. The molecule has 192 valence electrons. The Morgan fingerprint density at radius 3 is 2.67 bits per heavy atom. The average Bonchev–Trinajstić information content (AvgIpc) is 3.44. The van der Waals surface area contributed by atoms with Crippen LogP contribution in [0.25, 0.3) is 5.65 Å². The number of nitrogens with one attached hydrogen (secondary N) is 1. The largest absolute Gasteiger partial charge is 0.353 e. The fourth-order valence-corrected chi connectivity index (χ4v) is 5.81. The van der Waals surface area contributed by atoms with Crippen LogP contribution in [0.2, 0.25) is 0 Å². The number of benzene rings is 1. The molecule has 10 nitrogen and oxygen atoms in total. The first kappa shape index (κ1) is 24.5. The highest BCUT2D eigenvalue weighted by Crippen LogP contribution is 2.34. The molecule has 0 bridgehead atoms. The van der Waals surface area contributed by atoms with Crippen molar-refractivity contribution in [2.45, 2.75) is 51.6 Å². The zero-order chi connectivity index (χ0) is 25.6. The van der Waals surface area contributed by atoms with E-state index in [0.717, 1.165) is 73.3 Å². The van der Waals surface area contributed by atoms with Crippen LogP contribution in [0.4, 0.5) is 11.5 Å². The number of hydrogen-bond acceptors (Lipinski definition) is 7. The van der Waals surface area contributed by atoms with Crippen molar-refractivity contribution in [1.29, 1.82) is 0 Å². The van der Waals surface area contributed by atoms with Gasteiger partial charge in [-0.3, -0.25) is 9.52 Å². The number of piperidine rings is 1. The van der Waals surface area contributed by atoms with E-state index in [1.807, 2.05) is 31.0 Å². The maximum atomic E-state index is 13.8. The molecule has 3 N–H and O–H groups in total. The monoisotopic (exact) mass is 511 g/mol. The van der Waals surface area contributed by atoms with Crippen LogP contribution >= 0.6 is 0 Å². The van der Waals surface area contributed by atoms with E-state index < -0.39 is 10.0 Å². The zero-order valence-corrected chi connectivity index (χ0v) is 21.8. The van der Waals surface area contributed by atoms with Gasteiger partial charge in [-0.1, -0.05) is 11.6 Å². The summed E-state index contributed by atoms with van der Waals surface area (Å²) in [5, 5.41) is 4.85. The Kier molecular flexibility index (Phi) is 6.37. The zero-order valence-electron chi connectivity index (χ0n) is 20.9. The van der Waals surface area contributed by atoms with Gasteiger partial charge >= 0.3 is 0 Å². The summed E-state index contributed by atoms with van der Waals surface area (Å²) in [7, 11) is -3.54. The van der Waals surface area contributed by atoms with Crippen molar-refractivity contribution in [2.24, 2.45) is 5.73 Å². The molecular formula is C25H33N7O3S. The number of aryl methyl sites for hydroxylation is 2. The standard InChI is InChI=1S/C25H33N7O3S/c1-16-7-8-20(29-36(3,34)35)19(12-16)25(33)31-10-5-4-6-22(31)21-15-32-23(27-21)13-17(2)24(28-32)30-11-9-18(26)14-30/h7-8,12-13,15,18,22,29H,4-6,9-11,14,26H2,1-3H3/t18-,22-/m0/s1. The van der Waals surface area contributed by atoms with Gasteiger partial charge in [0.15, 0.2) is 11.5 Å². The molecule has 0 saturated carbocycles. The number of carbonyl (C=O) groups excluding carboxylic acids is 1. The van der Waals surface area contributed by atoms with Crippen LogP contribution in [0.3, 0.4) is 0 Å². The SMILES string of the molecule is Cc1ccc(NS(C)(=O)=O)c(C(=O)N2CCCC[C@H]2c2cn3nc(N4CC[C@H](N)C4)c(C)cc3n2)c1. The summed E-state index contributed by atoms with van der Waals surface area (Å²) >= 11 is 0. The van der Waals surface area contributed by atoms with Gasteiger partial charge in [-0.25, -0.2) is 17.9 Å². The smallest absolute Gasteiger partial charge is 0.256 e. The van der Waals surface area contributed by atoms with Gasteiger partial charge in [0.25, 0.3) is 5.91 Å². The number of imidazole rings is 1. The molecule has 2 aliphatic heterocycles. The van der Waals surface area contributed by atoms with Crippen molar-refractivity contribution in [3.8, 4) is 0 Å². The van der Waals surface area contributed by atoms with E-state index in [9.17, 15) is 13.2 Å². The molecule has 0 spiro atoms. The van der Waals surface area contributed by atoms with Crippen molar-refractivity contribution < 1.29 is 13.2 Å². The lowest BCUT2D eigenvalue weighted by Crippen LogP contribution is -2.39. The van der Waals surface area contributed by atoms with E-state index in [2.05, 4.69) is 9.62 Å². The Labute approximate surface area is 211 Å². The Hall–Kier alpha value is -3.18. The number of likely N-dealkylation sites (tertiary alicyclic amines) is 1. The molecule has 36 heavy (non-hydrogen) atoms. The first-order valence-corrected chi connectivity index (χ1v) is 14.2. The third kappa shape index (κ3) is 4.90. The maximum Gasteiger partial charge on any atom is 0.256 e. The summed E-state index contributed by atoms with van der Waals surface area (Å²) in [6.07, 6.45) is 6.59. The predicted molar refractivity (Wildman–Crippen MR) is 140 cm³/mol. The normalized spacial score (nSPS) is 20.8. The molecule has 2 saturated heterocycles. The second-order valence-corrected chi connectivity index (χ2v) is 11.8. The fraction of sp³-hybridized carbons (Fsp3) is 0.480. The van der Waals surface area contributed by atoms with Crippen LogP contribution < -0.4 is 15.4 Å². The lowest BCUT2D eigenvalue weighted by Gasteiger charge is -2.35. The van der Waals surface area contributed by atoms with E-state index in [1.54, 1.807) is 22.7 Å². The van der Waals surface area contributed by atoms with Crippen molar-refractivity contribution in [1.82, 2.24) is 19.5 Å². The second-order valence-electron chi connectivity index (χ2n) is 10.0. The molecular weight excluding hydrogens is 478 g/mol. The molecule has 0 radical (unpaired) electrons. The van der Waals surface area contributed by atoms with Gasteiger partial charge in [-0.2, -0.15) is 0 Å². The molecule has 1 amide bonds. The minimum absolute atomic E-state index is 0.158. The number of nitrogens with zero attached hydrogens (tertiary/aromatic N) is 5. The number of hydrogen-bond donors (Lipinski definition) is 2. The van der Waals surface area contributed by atoms with Crippen molar-refractivity contribution >= 4 is 33.1 Å². The highest BCUT2D eigenvalue weighted by atomic mass is 32.2. The van der Waals surface area contributed by atoms with Gasteiger partial charge in [0, 0.05) is 25.7 Å². The lowest BCUT2D eigenvalue weighted by atomic mass is 9.98. The van der Waals surface area contributed by atoms with Crippen LogP contribution in [0.1, 0.15) is 58.9 Å². The predicted octanol–water partition coefficient (Wildman–Crippen LogP) is 2.62. The second kappa shape index (κ2) is 9.36. The molecule has 2 fully saturated rings. The summed E-state index contributed by atoms with van der Waals surface area (Å²) in [5.41, 5.74) is 10.2. The highest BCUT2D eigenvalue weighted by Gasteiger charge is 2.32. The third-order valence-corrected chi connectivity index (χ3v) is 7.55. The highest BCUT2D eigenvalue weighted by molar-refractivity contribution is 7.92. The third-order valence-electron chi connectivity index (χ3n) is 6.96. The topological polar surface area (TPSA) is 126 Å². The van der Waals surface area contributed by atoms with Crippen LogP contribution in [-0.4, -0.2) is 65.8 Å². The molecule has 1 aromatic carbocycles. The quantitative estimate of drug-likeness (QED) is 0.539. The number of nitrogens with two attached hydrogens (primary N) is 1. The molecule has 3 aromatic rings. The van der Waals surface area contributed by atoms with E-state index in [1.165, 1.54) is 0 Å². The lowest BCUT2D eigenvalue weighted by molar-refractivity contribution is 0.0607. The minimum Gasteiger partial charge on any atom is -0.353 e. The van der Waals surface area contributed by atoms with Crippen LogP contribution in [-0.2, 0) is 10.0 Å². The fourth-order valence-electron chi connectivity index (χ4n) is 5.23. The van der Waals surface area contributed by atoms with Crippen LogP contribution in [0.15, 0.2) is 30.5 Å². The van der Waals surface area contributed by atoms with Gasteiger partial charge in [0.1, 0.15) is 0 Å². The first-order valence-electron chi connectivity index (χ1n) is 12.4. The number of amides is 1. The summed E-state index contributed by atoms with van der Waals surface area (Å²) < 4.78 is 28.1. The van der Waals surface area contributed by atoms with Crippen LogP contribution in [0.5, 0.6) is 0 Å². The number of carbonyl (C=O) groups is 1. The summed E-state index contributed by atoms with van der Waals surface area (Å²) in [6, 6.07) is 7.14. The summed E-state index contributed by atoms with van der Waals surface area (Å²) in [4.78, 5) is 22.7. The van der Waals surface area contributed by atoms with Crippen molar-refractivity contribution in [3.63, 3.8) is 0 Å². The minimum atomic E-state index is -3.54. The number of anilines is 2. The van der Waals surface area contributed by atoms with Gasteiger partial charge in [-0.15, -0.1) is 5.10 Å².